The maximum Gasteiger partial charge on any atom is 0.337 e. The zero-order valence-electron chi connectivity index (χ0n) is 11.1. The summed E-state index contributed by atoms with van der Waals surface area (Å²) in [7, 11) is -3.86. The van der Waals surface area contributed by atoms with E-state index in [9.17, 15) is 18.3 Å². The molecule has 0 heterocycles. The van der Waals surface area contributed by atoms with Crippen LogP contribution in [0, 0.1) is 0 Å². The molecule has 1 unspecified atom stereocenters. The first-order valence-electron chi connectivity index (χ1n) is 5.84. The summed E-state index contributed by atoms with van der Waals surface area (Å²) in [6.45, 7) is 3.09. The lowest BCUT2D eigenvalue weighted by Gasteiger charge is -2.21. The fraction of sp³-hybridized carbons (Fsp3) is 0.417. The first kappa shape index (κ1) is 16.9. The normalized spacial score (nSPS) is 14.8. The van der Waals surface area contributed by atoms with E-state index in [0.717, 1.165) is 18.2 Å². The van der Waals surface area contributed by atoms with Gasteiger partial charge in [0.1, 0.15) is 0 Å². The Kier molecular flexibility index (Phi) is 5.15. The van der Waals surface area contributed by atoms with Crippen molar-refractivity contribution >= 4 is 27.6 Å². The zero-order valence-corrected chi connectivity index (χ0v) is 12.6. The van der Waals surface area contributed by atoms with Gasteiger partial charge in [0.2, 0.25) is 10.0 Å². The van der Waals surface area contributed by atoms with Crippen LogP contribution in [-0.2, 0) is 10.0 Å². The van der Waals surface area contributed by atoms with E-state index >= 15 is 0 Å². The highest BCUT2D eigenvalue weighted by molar-refractivity contribution is 7.89. The second-order valence-corrected chi connectivity index (χ2v) is 6.80. The Balaban J connectivity index is 2.99. The molecule has 0 spiro atoms. The lowest BCUT2D eigenvalue weighted by atomic mass is 10.1. The van der Waals surface area contributed by atoms with Crippen LogP contribution in [0.15, 0.2) is 23.1 Å². The van der Waals surface area contributed by atoms with E-state index in [0.29, 0.717) is 6.42 Å². The molecular weight excluding hydrogens is 306 g/mol. The quantitative estimate of drug-likeness (QED) is 0.736. The third-order valence-corrected chi connectivity index (χ3v) is 4.60. The molecule has 0 amide bonds. The summed E-state index contributed by atoms with van der Waals surface area (Å²) in [5.41, 5.74) is -1.33. The largest absolute Gasteiger partial charge is 0.478 e. The lowest BCUT2D eigenvalue weighted by molar-refractivity contribution is 0.0613. The molecule has 6 nitrogen and oxygen atoms in total. The summed E-state index contributed by atoms with van der Waals surface area (Å²) < 4.78 is 26.3. The average molecular weight is 322 g/mol. The Hall–Kier alpha value is -1.15. The molecule has 0 saturated heterocycles. The predicted molar refractivity (Wildman–Crippen MR) is 74.5 cm³/mol. The number of benzene rings is 1. The van der Waals surface area contributed by atoms with Gasteiger partial charge in [-0.1, -0.05) is 18.5 Å². The van der Waals surface area contributed by atoms with E-state index in [-0.39, 0.29) is 22.0 Å². The van der Waals surface area contributed by atoms with Crippen molar-refractivity contribution in [3.63, 3.8) is 0 Å². The molecule has 0 fully saturated rings. The van der Waals surface area contributed by atoms with Gasteiger partial charge < -0.3 is 10.2 Å². The molecule has 0 aliphatic rings. The Bertz CT molecular complexity index is 612. The number of aromatic carboxylic acids is 1. The fourth-order valence-corrected chi connectivity index (χ4v) is 2.81. The van der Waals surface area contributed by atoms with E-state index in [2.05, 4.69) is 4.72 Å². The van der Waals surface area contributed by atoms with Gasteiger partial charge in [0, 0.05) is 6.54 Å². The second-order valence-electron chi connectivity index (χ2n) is 4.62. The monoisotopic (exact) mass is 321 g/mol. The molecule has 112 valence electrons. The van der Waals surface area contributed by atoms with Gasteiger partial charge in [-0.05, 0) is 31.5 Å². The van der Waals surface area contributed by atoms with Crippen molar-refractivity contribution in [3.8, 4) is 0 Å². The van der Waals surface area contributed by atoms with Crippen LogP contribution >= 0.6 is 11.6 Å². The Labute approximate surface area is 122 Å². The minimum Gasteiger partial charge on any atom is -0.478 e. The first-order valence-corrected chi connectivity index (χ1v) is 7.70. The average Bonchev–Trinajstić information content (AvgIpc) is 2.36. The van der Waals surface area contributed by atoms with Crippen LogP contribution in [0.3, 0.4) is 0 Å². The molecule has 0 aliphatic heterocycles. The highest BCUT2D eigenvalue weighted by atomic mass is 35.5. The van der Waals surface area contributed by atoms with Crippen molar-refractivity contribution in [1.29, 1.82) is 0 Å². The SMILES string of the molecule is CCC(C)(O)CNS(=O)(=O)c1ccc(C(=O)O)c(Cl)c1. The predicted octanol–water partition coefficient (Wildman–Crippen LogP) is 1.48. The molecule has 0 saturated carbocycles. The molecule has 1 rings (SSSR count). The van der Waals surface area contributed by atoms with Crippen LogP contribution in [0.5, 0.6) is 0 Å². The fourth-order valence-electron chi connectivity index (χ4n) is 1.30. The summed E-state index contributed by atoms with van der Waals surface area (Å²) >= 11 is 5.73. The molecule has 1 atom stereocenters. The van der Waals surface area contributed by atoms with Crippen molar-refractivity contribution in [2.45, 2.75) is 30.8 Å². The van der Waals surface area contributed by atoms with E-state index in [4.69, 9.17) is 16.7 Å². The Morgan fingerprint density at radius 2 is 2.05 bits per heavy atom. The van der Waals surface area contributed by atoms with Gasteiger partial charge in [0.05, 0.1) is 21.1 Å². The van der Waals surface area contributed by atoms with E-state index < -0.39 is 21.6 Å². The maximum absolute atomic E-state index is 12.0. The molecule has 20 heavy (non-hydrogen) atoms. The van der Waals surface area contributed by atoms with Crippen molar-refractivity contribution in [2.75, 3.05) is 6.54 Å². The summed E-state index contributed by atoms with van der Waals surface area (Å²) in [4.78, 5) is 10.6. The highest BCUT2D eigenvalue weighted by Gasteiger charge is 2.23. The number of carboxylic acids is 1. The van der Waals surface area contributed by atoms with Gasteiger partial charge in [-0.3, -0.25) is 0 Å². The van der Waals surface area contributed by atoms with Crippen molar-refractivity contribution in [1.82, 2.24) is 4.72 Å². The van der Waals surface area contributed by atoms with Crippen molar-refractivity contribution < 1.29 is 23.4 Å². The molecule has 0 radical (unpaired) electrons. The second kappa shape index (κ2) is 6.09. The highest BCUT2D eigenvalue weighted by Crippen LogP contribution is 2.21. The van der Waals surface area contributed by atoms with Crippen LogP contribution in [0.25, 0.3) is 0 Å². The van der Waals surface area contributed by atoms with Gasteiger partial charge in [-0.2, -0.15) is 0 Å². The molecule has 1 aromatic carbocycles. The van der Waals surface area contributed by atoms with Crippen LogP contribution in [0.1, 0.15) is 30.6 Å². The summed E-state index contributed by atoms with van der Waals surface area (Å²) in [5, 5.41) is 18.4. The number of nitrogens with one attached hydrogen (secondary N) is 1. The molecule has 3 N–H and O–H groups in total. The Morgan fingerprint density at radius 3 is 2.50 bits per heavy atom. The van der Waals surface area contributed by atoms with Gasteiger partial charge in [-0.15, -0.1) is 0 Å². The van der Waals surface area contributed by atoms with Crippen LogP contribution < -0.4 is 4.72 Å². The van der Waals surface area contributed by atoms with Crippen LogP contribution in [-0.4, -0.2) is 36.7 Å². The number of halogens is 1. The molecule has 0 aromatic heterocycles. The minimum atomic E-state index is -3.86. The molecule has 0 bridgehead atoms. The summed E-state index contributed by atoms with van der Waals surface area (Å²) in [6, 6.07) is 3.34. The maximum atomic E-state index is 12.0. The topological polar surface area (TPSA) is 104 Å². The molecule has 1 aromatic rings. The first-order chi connectivity index (χ1) is 9.09. The van der Waals surface area contributed by atoms with E-state index in [1.807, 2.05) is 0 Å². The lowest BCUT2D eigenvalue weighted by Crippen LogP contribution is -2.40. The summed E-state index contributed by atoms with van der Waals surface area (Å²) in [6.07, 6.45) is 0.383. The zero-order chi connectivity index (χ0) is 15.6. The number of aliphatic hydroxyl groups is 1. The van der Waals surface area contributed by atoms with Gasteiger partial charge in [0.25, 0.3) is 0 Å². The van der Waals surface area contributed by atoms with Crippen molar-refractivity contribution in [2.24, 2.45) is 0 Å². The molecule has 8 heteroatoms. The third kappa shape index (κ3) is 4.17. The standard InChI is InChI=1S/C12H16ClNO5S/c1-3-12(2,17)7-14-20(18,19)8-4-5-9(11(15)16)10(13)6-8/h4-6,14,17H,3,7H2,1-2H3,(H,15,16). The Morgan fingerprint density at radius 1 is 1.45 bits per heavy atom. The van der Waals surface area contributed by atoms with Gasteiger partial charge in [0.15, 0.2) is 0 Å². The number of sulfonamides is 1. The number of carboxylic acid groups (broad SMARTS) is 1. The third-order valence-electron chi connectivity index (χ3n) is 2.89. The smallest absolute Gasteiger partial charge is 0.337 e. The van der Waals surface area contributed by atoms with E-state index in [1.54, 1.807) is 6.92 Å². The van der Waals surface area contributed by atoms with Gasteiger partial charge >= 0.3 is 5.97 Å². The van der Waals surface area contributed by atoms with Crippen LogP contribution in [0.4, 0.5) is 0 Å². The van der Waals surface area contributed by atoms with Crippen molar-refractivity contribution in [3.05, 3.63) is 28.8 Å². The number of hydrogen-bond donors (Lipinski definition) is 3. The van der Waals surface area contributed by atoms with Gasteiger partial charge in [-0.25, -0.2) is 17.9 Å². The molecule has 0 aliphatic carbocycles. The number of hydrogen-bond acceptors (Lipinski definition) is 4. The number of carbonyl (C=O) groups is 1. The minimum absolute atomic E-state index is 0.149. The summed E-state index contributed by atoms with van der Waals surface area (Å²) in [5.74, 6) is -1.24. The van der Waals surface area contributed by atoms with Crippen LogP contribution in [0.2, 0.25) is 5.02 Å². The van der Waals surface area contributed by atoms with E-state index in [1.165, 1.54) is 6.92 Å². The number of rotatable bonds is 6. The molecular formula is C12H16ClNO5S.